The number of ether oxygens (including phenoxy) is 1. The summed E-state index contributed by atoms with van der Waals surface area (Å²) in [5.74, 6) is -0.113. The Hall–Kier alpha value is -1.42. The van der Waals surface area contributed by atoms with Crippen LogP contribution in [0.3, 0.4) is 0 Å². The Balaban J connectivity index is 2.20. The maximum absolute atomic E-state index is 10.9. The van der Waals surface area contributed by atoms with E-state index in [1.807, 2.05) is 12.3 Å². The van der Waals surface area contributed by atoms with Crippen LogP contribution in [0.15, 0.2) is 18.3 Å². The minimum Gasteiger partial charge on any atom is -0.469 e. The van der Waals surface area contributed by atoms with E-state index in [0.29, 0.717) is 13.0 Å². The molecule has 4 heteroatoms. The Kier molecular flexibility index (Phi) is 7.82. The summed E-state index contributed by atoms with van der Waals surface area (Å²) >= 11 is 0. The molecule has 1 heterocycles. The molecule has 106 valence electrons. The zero-order valence-electron chi connectivity index (χ0n) is 11.7. The molecule has 4 nitrogen and oxygen atoms in total. The van der Waals surface area contributed by atoms with E-state index in [1.165, 1.54) is 12.7 Å². The molecule has 1 aromatic rings. The summed E-state index contributed by atoms with van der Waals surface area (Å²) < 4.78 is 4.61. The van der Waals surface area contributed by atoms with Gasteiger partial charge in [0.15, 0.2) is 0 Å². The second-order valence-corrected chi connectivity index (χ2v) is 4.64. The number of nitrogens with zero attached hydrogens (tertiary/aromatic N) is 1. The van der Waals surface area contributed by atoms with E-state index in [-0.39, 0.29) is 5.97 Å². The van der Waals surface area contributed by atoms with Gasteiger partial charge in [0.2, 0.25) is 0 Å². The van der Waals surface area contributed by atoms with Crippen LogP contribution in [0.5, 0.6) is 0 Å². The quantitative estimate of drug-likeness (QED) is 0.549. The summed E-state index contributed by atoms with van der Waals surface area (Å²) in [6.07, 6.45) is 8.49. The highest BCUT2D eigenvalue weighted by Crippen LogP contribution is 2.12. The van der Waals surface area contributed by atoms with Crippen molar-refractivity contribution in [3.63, 3.8) is 0 Å². The van der Waals surface area contributed by atoms with E-state index in [4.69, 9.17) is 5.73 Å². The smallest absolute Gasteiger partial charge is 0.305 e. The molecule has 0 unspecified atom stereocenters. The number of aryl methyl sites for hydroxylation is 1. The number of methoxy groups -OCH3 is 1. The number of nitrogens with two attached hydrogens (primary N) is 1. The van der Waals surface area contributed by atoms with Crippen molar-refractivity contribution in [2.45, 2.75) is 44.9 Å². The third kappa shape index (κ3) is 6.34. The van der Waals surface area contributed by atoms with Crippen molar-refractivity contribution in [1.82, 2.24) is 4.98 Å². The Morgan fingerprint density at radius 2 is 2.05 bits per heavy atom. The first kappa shape index (κ1) is 15.6. The predicted octanol–water partition coefficient (Wildman–Crippen LogP) is 2.25. The molecule has 1 rings (SSSR count). The van der Waals surface area contributed by atoms with E-state index in [0.717, 1.165) is 44.2 Å². The van der Waals surface area contributed by atoms with Crippen LogP contribution in [0, 0.1) is 0 Å². The van der Waals surface area contributed by atoms with Gasteiger partial charge in [0, 0.05) is 24.7 Å². The van der Waals surface area contributed by atoms with Crippen molar-refractivity contribution in [3.8, 4) is 0 Å². The van der Waals surface area contributed by atoms with Crippen molar-refractivity contribution in [2.24, 2.45) is 5.73 Å². The molecule has 0 aliphatic carbocycles. The number of carbonyl (C=O) groups excluding carboxylic acids is 1. The molecule has 0 aliphatic rings. The highest BCUT2D eigenvalue weighted by atomic mass is 16.5. The minimum absolute atomic E-state index is 0.113. The Morgan fingerprint density at radius 1 is 1.26 bits per heavy atom. The summed E-state index contributed by atoms with van der Waals surface area (Å²) in [6.45, 7) is 0.642. The van der Waals surface area contributed by atoms with Gasteiger partial charge in [-0.1, -0.05) is 18.9 Å². The highest BCUT2D eigenvalue weighted by Gasteiger charge is 2.03. The van der Waals surface area contributed by atoms with E-state index >= 15 is 0 Å². The summed E-state index contributed by atoms with van der Waals surface area (Å²) in [5.41, 5.74) is 8.01. The van der Waals surface area contributed by atoms with Gasteiger partial charge in [-0.25, -0.2) is 0 Å². The third-order valence-electron chi connectivity index (χ3n) is 3.17. The molecule has 0 saturated carbocycles. The maximum Gasteiger partial charge on any atom is 0.305 e. The van der Waals surface area contributed by atoms with Crippen LogP contribution in [0.1, 0.15) is 43.4 Å². The van der Waals surface area contributed by atoms with E-state index in [1.54, 1.807) is 0 Å². The van der Waals surface area contributed by atoms with Gasteiger partial charge >= 0.3 is 5.97 Å². The van der Waals surface area contributed by atoms with Crippen LogP contribution in [-0.4, -0.2) is 24.6 Å². The van der Waals surface area contributed by atoms with Crippen molar-refractivity contribution in [2.75, 3.05) is 13.7 Å². The topological polar surface area (TPSA) is 65.2 Å². The van der Waals surface area contributed by atoms with Crippen molar-refractivity contribution >= 4 is 5.97 Å². The first-order valence-electron chi connectivity index (χ1n) is 6.97. The lowest BCUT2D eigenvalue weighted by Crippen LogP contribution is -2.07. The standard InChI is InChI=1S/C15H24N2O2/c1-19-15(18)9-5-3-2-4-7-13-8-6-12-17-14(13)10-11-16/h6,8,12H,2-5,7,9-11,16H2,1H3. The summed E-state index contributed by atoms with van der Waals surface area (Å²) in [7, 11) is 1.43. The molecule has 0 radical (unpaired) electrons. The number of esters is 1. The van der Waals surface area contributed by atoms with E-state index in [9.17, 15) is 4.79 Å². The molecule has 0 spiro atoms. The fraction of sp³-hybridized carbons (Fsp3) is 0.600. The van der Waals surface area contributed by atoms with Gasteiger partial charge in [-0.2, -0.15) is 0 Å². The van der Waals surface area contributed by atoms with Gasteiger partial charge in [-0.15, -0.1) is 0 Å². The third-order valence-corrected chi connectivity index (χ3v) is 3.17. The van der Waals surface area contributed by atoms with E-state index < -0.39 is 0 Å². The summed E-state index contributed by atoms with van der Waals surface area (Å²) in [5, 5.41) is 0. The monoisotopic (exact) mass is 264 g/mol. The average Bonchev–Trinajstić information content (AvgIpc) is 2.44. The number of carbonyl (C=O) groups is 1. The fourth-order valence-electron chi connectivity index (χ4n) is 2.10. The Labute approximate surface area is 115 Å². The first-order chi connectivity index (χ1) is 9.27. The normalized spacial score (nSPS) is 10.4. The molecule has 2 N–H and O–H groups in total. The second-order valence-electron chi connectivity index (χ2n) is 4.64. The zero-order chi connectivity index (χ0) is 13.9. The Bertz CT molecular complexity index is 380. The van der Waals surface area contributed by atoms with Gasteiger partial charge in [0.05, 0.1) is 7.11 Å². The SMILES string of the molecule is COC(=O)CCCCCCc1cccnc1CCN. The molecular weight excluding hydrogens is 240 g/mol. The molecular formula is C15H24N2O2. The fourth-order valence-corrected chi connectivity index (χ4v) is 2.10. The van der Waals surface area contributed by atoms with Crippen LogP contribution in [0.4, 0.5) is 0 Å². The van der Waals surface area contributed by atoms with Crippen molar-refractivity contribution < 1.29 is 9.53 Å². The molecule has 0 atom stereocenters. The number of aromatic nitrogens is 1. The lowest BCUT2D eigenvalue weighted by molar-refractivity contribution is -0.140. The van der Waals surface area contributed by atoms with Gasteiger partial charge in [-0.3, -0.25) is 9.78 Å². The number of unbranched alkanes of at least 4 members (excludes halogenated alkanes) is 3. The van der Waals surface area contributed by atoms with Crippen LogP contribution in [0.2, 0.25) is 0 Å². The van der Waals surface area contributed by atoms with Gasteiger partial charge < -0.3 is 10.5 Å². The van der Waals surface area contributed by atoms with Crippen LogP contribution in [-0.2, 0) is 22.4 Å². The lowest BCUT2D eigenvalue weighted by atomic mass is 10.0. The molecule has 1 aromatic heterocycles. The molecule has 0 saturated heterocycles. The van der Waals surface area contributed by atoms with Crippen molar-refractivity contribution in [1.29, 1.82) is 0 Å². The lowest BCUT2D eigenvalue weighted by Gasteiger charge is -2.07. The molecule has 19 heavy (non-hydrogen) atoms. The Morgan fingerprint density at radius 3 is 2.79 bits per heavy atom. The number of rotatable bonds is 9. The maximum atomic E-state index is 10.9. The van der Waals surface area contributed by atoms with Crippen molar-refractivity contribution in [3.05, 3.63) is 29.6 Å². The minimum atomic E-state index is -0.113. The molecule has 0 amide bonds. The van der Waals surface area contributed by atoms with Gasteiger partial charge in [0.1, 0.15) is 0 Å². The molecule has 0 bridgehead atoms. The van der Waals surface area contributed by atoms with Gasteiger partial charge in [0.25, 0.3) is 0 Å². The molecule has 0 aliphatic heterocycles. The highest BCUT2D eigenvalue weighted by molar-refractivity contribution is 5.68. The summed E-state index contributed by atoms with van der Waals surface area (Å²) in [4.78, 5) is 15.3. The van der Waals surface area contributed by atoms with E-state index in [2.05, 4.69) is 15.8 Å². The molecule has 0 aromatic carbocycles. The second kappa shape index (κ2) is 9.50. The number of hydrogen-bond donors (Lipinski definition) is 1. The zero-order valence-corrected chi connectivity index (χ0v) is 11.7. The largest absolute Gasteiger partial charge is 0.469 e. The van der Waals surface area contributed by atoms with Gasteiger partial charge in [-0.05, 0) is 37.4 Å². The predicted molar refractivity (Wildman–Crippen MR) is 75.8 cm³/mol. The van der Waals surface area contributed by atoms with Crippen LogP contribution < -0.4 is 5.73 Å². The summed E-state index contributed by atoms with van der Waals surface area (Å²) in [6, 6.07) is 4.11. The first-order valence-corrected chi connectivity index (χ1v) is 6.97. The number of hydrogen-bond acceptors (Lipinski definition) is 4. The number of pyridine rings is 1. The van der Waals surface area contributed by atoms with Crippen LogP contribution >= 0.6 is 0 Å². The van der Waals surface area contributed by atoms with Crippen LogP contribution in [0.25, 0.3) is 0 Å². The molecule has 0 fully saturated rings. The average molecular weight is 264 g/mol.